The smallest absolute Gasteiger partial charge is 0.244 e. The Balaban J connectivity index is 2.06. The molecule has 2 N–H and O–H groups in total. The summed E-state index contributed by atoms with van der Waals surface area (Å²) in [5.74, 6) is 0.609. The molecule has 1 saturated carbocycles. The molecule has 1 aromatic rings. The molecule has 1 heterocycles. The van der Waals surface area contributed by atoms with Crippen molar-refractivity contribution in [2.45, 2.75) is 51.0 Å². The van der Waals surface area contributed by atoms with Gasteiger partial charge in [0.2, 0.25) is 10.0 Å². The Kier molecular flexibility index (Phi) is 5.51. The van der Waals surface area contributed by atoms with Gasteiger partial charge in [-0.1, -0.05) is 20.3 Å². The third kappa shape index (κ3) is 3.88. The first-order valence-electron chi connectivity index (χ1n) is 7.41. The molecule has 2 rings (SSSR count). The Hall–Kier alpha value is -0.370. The highest BCUT2D eigenvalue weighted by atomic mass is 79.9. The van der Waals surface area contributed by atoms with Crippen LogP contribution < -0.4 is 10.0 Å². The van der Waals surface area contributed by atoms with Gasteiger partial charge in [0.1, 0.15) is 10.7 Å². The third-order valence-corrected chi connectivity index (χ3v) is 6.60. The molecule has 0 unspecified atom stereocenters. The van der Waals surface area contributed by atoms with Gasteiger partial charge < -0.3 is 9.73 Å². The van der Waals surface area contributed by atoms with E-state index in [-0.39, 0.29) is 15.0 Å². The molecule has 1 aromatic heterocycles. The fourth-order valence-corrected chi connectivity index (χ4v) is 4.73. The van der Waals surface area contributed by atoms with Crippen LogP contribution in [-0.4, -0.2) is 21.5 Å². The molecule has 0 radical (unpaired) electrons. The van der Waals surface area contributed by atoms with E-state index in [1.54, 1.807) is 6.07 Å². The molecular formula is C14H23BrN2O3S. The van der Waals surface area contributed by atoms with E-state index in [0.717, 1.165) is 25.8 Å². The fourth-order valence-electron chi connectivity index (χ4n) is 2.57. The standard InChI is InChI=1S/C14H23BrN2O3S/c1-3-14(6-5-7-14)10-17-21(18,19)12-8-11(9-16-4-2)20-13(12)15/h8,16-17H,3-7,9-10H2,1-2H3. The largest absolute Gasteiger partial charge is 0.452 e. The van der Waals surface area contributed by atoms with Crippen molar-refractivity contribution in [3.63, 3.8) is 0 Å². The summed E-state index contributed by atoms with van der Waals surface area (Å²) in [5, 5.41) is 3.11. The van der Waals surface area contributed by atoms with E-state index in [2.05, 4.69) is 32.9 Å². The van der Waals surface area contributed by atoms with Crippen molar-refractivity contribution < 1.29 is 12.8 Å². The number of sulfonamides is 1. The summed E-state index contributed by atoms with van der Waals surface area (Å²) >= 11 is 3.20. The Bertz CT molecular complexity index is 574. The van der Waals surface area contributed by atoms with Gasteiger partial charge in [0.15, 0.2) is 4.67 Å². The predicted octanol–water partition coefficient (Wildman–Crippen LogP) is 3.01. The van der Waals surface area contributed by atoms with Crippen molar-refractivity contribution in [3.8, 4) is 0 Å². The van der Waals surface area contributed by atoms with Crippen LogP contribution in [-0.2, 0) is 16.6 Å². The average molecular weight is 379 g/mol. The van der Waals surface area contributed by atoms with Crippen molar-refractivity contribution in [2.75, 3.05) is 13.1 Å². The van der Waals surface area contributed by atoms with Gasteiger partial charge in [0.05, 0.1) is 6.54 Å². The van der Waals surface area contributed by atoms with Crippen LogP contribution in [0.1, 0.15) is 45.3 Å². The van der Waals surface area contributed by atoms with Gasteiger partial charge >= 0.3 is 0 Å². The summed E-state index contributed by atoms with van der Waals surface area (Å²) in [6.45, 7) is 5.93. The first-order valence-corrected chi connectivity index (χ1v) is 9.68. The Morgan fingerprint density at radius 3 is 2.62 bits per heavy atom. The number of halogens is 1. The number of hydrogen-bond acceptors (Lipinski definition) is 4. The summed E-state index contributed by atoms with van der Waals surface area (Å²) in [6.07, 6.45) is 4.40. The molecule has 0 atom stereocenters. The van der Waals surface area contributed by atoms with Crippen LogP contribution in [0.5, 0.6) is 0 Å². The van der Waals surface area contributed by atoms with Gasteiger partial charge in [-0.15, -0.1) is 0 Å². The minimum absolute atomic E-state index is 0.149. The van der Waals surface area contributed by atoms with Gasteiger partial charge in [-0.05, 0) is 47.2 Å². The van der Waals surface area contributed by atoms with Gasteiger partial charge in [-0.2, -0.15) is 0 Å². The van der Waals surface area contributed by atoms with E-state index < -0.39 is 10.0 Å². The highest BCUT2D eigenvalue weighted by molar-refractivity contribution is 9.10. The van der Waals surface area contributed by atoms with E-state index >= 15 is 0 Å². The molecule has 0 spiro atoms. The lowest BCUT2D eigenvalue weighted by Gasteiger charge is -2.41. The maximum atomic E-state index is 12.4. The summed E-state index contributed by atoms with van der Waals surface area (Å²) < 4.78 is 33.3. The Labute approximate surface area is 135 Å². The number of rotatable bonds is 8. The van der Waals surface area contributed by atoms with E-state index in [1.165, 1.54) is 6.42 Å². The Morgan fingerprint density at radius 1 is 1.38 bits per heavy atom. The molecule has 0 amide bonds. The zero-order chi connectivity index (χ0) is 15.5. The molecule has 0 saturated heterocycles. The second-order valence-electron chi connectivity index (χ2n) is 5.66. The minimum atomic E-state index is -3.53. The normalized spacial score (nSPS) is 17.7. The molecule has 1 aliphatic rings. The quantitative estimate of drug-likeness (QED) is 0.729. The molecule has 0 bridgehead atoms. The van der Waals surface area contributed by atoms with E-state index in [4.69, 9.17) is 4.42 Å². The predicted molar refractivity (Wildman–Crippen MR) is 85.6 cm³/mol. The summed E-state index contributed by atoms with van der Waals surface area (Å²) in [7, 11) is -3.53. The highest BCUT2D eigenvalue weighted by Gasteiger charge is 2.36. The van der Waals surface area contributed by atoms with Crippen LogP contribution in [0.2, 0.25) is 0 Å². The molecule has 120 valence electrons. The number of hydrogen-bond donors (Lipinski definition) is 2. The zero-order valence-electron chi connectivity index (χ0n) is 12.5. The third-order valence-electron chi connectivity index (χ3n) is 4.35. The average Bonchev–Trinajstić information content (AvgIpc) is 2.77. The summed E-state index contributed by atoms with van der Waals surface area (Å²) in [6, 6.07) is 1.58. The van der Waals surface area contributed by atoms with Crippen LogP contribution in [0, 0.1) is 5.41 Å². The molecule has 7 heteroatoms. The van der Waals surface area contributed by atoms with Crippen LogP contribution in [0.25, 0.3) is 0 Å². The summed E-state index contributed by atoms with van der Waals surface area (Å²) in [4.78, 5) is 0.181. The van der Waals surface area contributed by atoms with Gasteiger partial charge in [-0.3, -0.25) is 0 Å². The lowest BCUT2D eigenvalue weighted by atomic mass is 9.67. The Morgan fingerprint density at radius 2 is 2.10 bits per heavy atom. The maximum Gasteiger partial charge on any atom is 0.244 e. The topological polar surface area (TPSA) is 71.3 Å². The van der Waals surface area contributed by atoms with Crippen molar-refractivity contribution in [1.29, 1.82) is 0 Å². The van der Waals surface area contributed by atoms with Crippen LogP contribution >= 0.6 is 15.9 Å². The monoisotopic (exact) mass is 378 g/mol. The second-order valence-corrected chi connectivity index (χ2v) is 8.12. The zero-order valence-corrected chi connectivity index (χ0v) is 14.9. The molecule has 0 aliphatic heterocycles. The summed E-state index contributed by atoms with van der Waals surface area (Å²) in [5.41, 5.74) is 0.149. The van der Waals surface area contributed by atoms with Crippen LogP contribution in [0.3, 0.4) is 0 Å². The molecule has 1 fully saturated rings. The molecular weight excluding hydrogens is 356 g/mol. The van der Waals surface area contributed by atoms with Gasteiger partial charge in [0, 0.05) is 12.6 Å². The van der Waals surface area contributed by atoms with Gasteiger partial charge in [-0.25, -0.2) is 13.1 Å². The van der Waals surface area contributed by atoms with E-state index in [1.807, 2.05) is 6.92 Å². The molecule has 21 heavy (non-hydrogen) atoms. The molecule has 5 nitrogen and oxygen atoms in total. The first-order chi connectivity index (χ1) is 9.92. The van der Waals surface area contributed by atoms with E-state index in [9.17, 15) is 8.42 Å². The van der Waals surface area contributed by atoms with E-state index in [0.29, 0.717) is 18.8 Å². The fraction of sp³-hybridized carbons (Fsp3) is 0.714. The van der Waals surface area contributed by atoms with Crippen LogP contribution in [0.4, 0.5) is 0 Å². The van der Waals surface area contributed by atoms with Gasteiger partial charge in [0.25, 0.3) is 0 Å². The molecule has 1 aliphatic carbocycles. The highest BCUT2D eigenvalue weighted by Crippen LogP contribution is 2.43. The van der Waals surface area contributed by atoms with Crippen molar-refractivity contribution in [3.05, 3.63) is 16.5 Å². The number of nitrogens with one attached hydrogen (secondary N) is 2. The first kappa shape index (κ1) is 17.0. The van der Waals surface area contributed by atoms with Crippen molar-refractivity contribution in [2.24, 2.45) is 5.41 Å². The number of furan rings is 1. The lowest BCUT2D eigenvalue weighted by Crippen LogP contribution is -2.41. The lowest BCUT2D eigenvalue weighted by molar-refractivity contribution is 0.133. The maximum absolute atomic E-state index is 12.4. The van der Waals surface area contributed by atoms with Crippen molar-refractivity contribution >= 4 is 26.0 Å². The second kappa shape index (κ2) is 6.81. The minimum Gasteiger partial charge on any atom is -0.452 e. The van der Waals surface area contributed by atoms with Crippen molar-refractivity contribution in [1.82, 2.24) is 10.0 Å². The van der Waals surface area contributed by atoms with Crippen LogP contribution in [0.15, 0.2) is 20.0 Å². The molecule has 0 aromatic carbocycles. The SMILES string of the molecule is CCNCc1cc(S(=O)(=O)NCC2(CC)CCC2)c(Br)o1.